The monoisotopic (exact) mass is 345 g/mol. The molecule has 1 heterocycles. The minimum atomic E-state index is 0.858. The zero-order valence-electron chi connectivity index (χ0n) is 14.7. The van der Waals surface area contributed by atoms with Crippen LogP contribution in [0.25, 0.3) is 0 Å². The highest BCUT2D eigenvalue weighted by atomic mass is 32.2. The van der Waals surface area contributed by atoms with Crippen LogP contribution in [-0.2, 0) is 6.54 Å². The molecular weight excluding hydrogens is 318 g/mol. The third-order valence-corrected chi connectivity index (χ3v) is 4.59. The Labute approximate surface area is 148 Å². The molecule has 0 fully saturated rings. The second-order valence-corrected chi connectivity index (χ2v) is 6.76. The first-order chi connectivity index (χ1) is 11.7. The number of guanidine groups is 1. The Balaban J connectivity index is 1.59. The van der Waals surface area contributed by atoms with Crippen LogP contribution in [0.1, 0.15) is 17.8 Å². The van der Waals surface area contributed by atoms with Gasteiger partial charge < -0.3 is 10.6 Å². The van der Waals surface area contributed by atoms with E-state index in [-0.39, 0.29) is 0 Å². The van der Waals surface area contributed by atoms with E-state index in [4.69, 9.17) is 0 Å². The van der Waals surface area contributed by atoms with Gasteiger partial charge >= 0.3 is 0 Å². The summed E-state index contributed by atoms with van der Waals surface area (Å²) in [7, 11) is 1.81. The third kappa shape index (κ3) is 6.28. The maximum Gasteiger partial charge on any atom is 0.191 e. The quantitative estimate of drug-likeness (QED) is 0.334. The molecule has 0 spiro atoms. The fourth-order valence-electron chi connectivity index (χ4n) is 2.41. The molecule has 2 N–H and O–H groups in total. The summed E-state index contributed by atoms with van der Waals surface area (Å²) < 4.78 is 2.06. The van der Waals surface area contributed by atoms with Crippen molar-refractivity contribution in [3.05, 3.63) is 47.8 Å². The second kappa shape index (κ2) is 10.0. The Bertz CT molecular complexity index is 636. The van der Waals surface area contributed by atoms with E-state index in [0.29, 0.717) is 0 Å². The molecule has 0 aliphatic heterocycles. The first kappa shape index (κ1) is 18.4. The van der Waals surface area contributed by atoms with Gasteiger partial charge in [0.15, 0.2) is 5.96 Å². The largest absolute Gasteiger partial charge is 0.356 e. The maximum absolute atomic E-state index is 4.48. The lowest BCUT2D eigenvalue weighted by atomic mass is 10.4. The van der Waals surface area contributed by atoms with Gasteiger partial charge in [0, 0.05) is 43.0 Å². The molecule has 1 aromatic carbocycles. The van der Waals surface area contributed by atoms with Crippen molar-refractivity contribution in [2.24, 2.45) is 4.99 Å². The fraction of sp³-hybridized carbons (Fsp3) is 0.444. The Morgan fingerprint density at radius 3 is 2.58 bits per heavy atom. The highest BCUT2D eigenvalue weighted by molar-refractivity contribution is 7.99. The van der Waals surface area contributed by atoms with Gasteiger partial charge in [0.1, 0.15) is 0 Å². The lowest BCUT2D eigenvalue weighted by molar-refractivity contribution is 0.555. The van der Waals surface area contributed by atoms with Gasteiger partial charge in [-0.3, -0.25) is 9.67 Å². The summed E-state index contributed by atoms with van der Waals surface area (Å²) in [6, 6.07) is 12.6. The number of aromatic nitrogens is 2. The molecule has 0 amide bonds. The molecule has 130 valence electrons. The molecule has 5 nitrogen and oxygen atoms in total. The SMILES string of the molecule is CN=C(NCCCn1nc(C)cc1C)NCCSc1ccccc1. The molecule has 0 atom stereocenters. The summed E-state index contributed by atoms with van der Waals surface area (Å²) >= 11 is 1.85. The molecular formula is C18H27N5S. The average Bonchev–Trinajstić information content (AvgIpc) is 2.92. The van der Waals surface area contributed by atoms with E-state index in [1.165, 1.54) is 10.6 Å². The number of hydrogen-bond donors (Lipinski definition) is 2. The molecule has 6 heteroatoms. The van der Waals surface area contributed by atoms with Crippen LogP contribution in [0.3, 0.4) is 0 Å². The summed E-state index contributed by atoms with van der Waals surface area (Å²) in [6.07, 6.45) is 1.02. The molecule has 0 saturated heterocycles. The van der Waals surface area contributed by atoms with Crippen molar-refractivity contribution in [3.63, 3.8) is 0 Å². The number of hydrogen-bond acceptors (Lipinski definition) is 3. The molecule has 0 unspecified atom stereocenters. The summed E-state index contributed by atoms with van der Waals surface area (Å²) in [6.45, 7) is 6.81. The van der Waals surface area contributed by atoms with Crippen LogP contribution in [0.4, 0.5) is 0 Å². The molecule has 2 aromatic rings. The van der Waals surface area contributed by atoms with E-state index < -0.39 is 0 Å². The van der Waals surface area contributed by atoms with Gasteiger partial charge in [0.2, 0.25) is 0 Å². The van der Waals surface area contributed by atoms with E-state index >= 15 is 0 Å². The minimum Gasteiger partial charge on any atom is -0.356 e. The van der Waals surface area contributed by atoms with Crippen LogP contribution in [-0.4, -0.2) is 41.6 Å². The van der Waals surface area contributed by atoms with Crippen molar-refractivity contribution >= 4 is 17.7 Å². The Hall–Kier alpha value is -1.95. The number of aliphatic imine (C=N–C) groups is 1. The number of nitrogens with one attached hydrogen (secondary N) is 2. The molecule has 0 bridgehead atoms. The summed E-state index contributed by atoms with van der Waals surface area (Å²) in [4.78, 5) is 5.56. The van der Waals surface area contributed by atoms with E-state index in [1.54, 1.807) is 7.05 Å². The van der Waals surface area contributed by atoms with Crippen LogP contribution in [0, 0.1) is 13.8 Å². The van der Waals surface area contributed by atoms with E-state index in [0.717, 1.165) is 43.5 Å². The summed E-state index contributed by atoms with van der Waals surface area (Å²) in [5.74, 6) is 1.87. The van der Waals surface area contributed by atoms with Gasteiger partial charge in [0.25, 0.3) is 0 Å². The lowest BCUT2D eigenvalue weighted by Gasteiger charge is -2.12. The highest BCUT2D eigenvalue weighted by Gasteiger charge is 2.01. The third-order valence-electron chi connectivity index (χ3n) is 3.57. The molecule has 0 aliphatic rings. The first-order valence-electron chi connectivity index (χ1n) is 8.32. The van der Waals surface area contributed by atoms with Crippen molar-refractivity contribution in [2.45, 2.75) is 31.7 Å². The van der Waals surface area contributed by atoms with Crippen LogP contribution in [0.5, 0.6) is 0 Å². The van der Waals surface area contributed by atoms with Crippen LogP contribution in [0.15, 0.2) is 46.3 Å². The molecule has 1 aromatic heterocycles. The molecule has 0 saturated carbocycles. The van der Waals surface area contributed by atoms with Gasteiger partial charge in [-0.2, -0.15) is 5.10 Å². The predicted octanol–water partition coefficient (Wildman–Crippen LogP) is 2.85. The number of benzene rings is 1. The molecule has 24 heavy (non-hydrogen) atoms. The topological polar surface area (TPSA) is 54.2 Å². The summed E-state index contributed by atoms with van der Waals surface area (Å²) in [5, 5.41) is 11.2. The van der Waals surface area contributed by atoms with E-state index in [2.05, 4.69) is 62.7 Å². The molecule has 0 radical (unpaired) electrons. The average molecular weight is 346 g/mol. The van der Waals surface area contributed by atoms with Crippen LogP contribution >= 0.6 is 11.8 Å². The number of nitrogens with zero attached hydrogens (tertiary/aromatic N) is 3. The van der Waals surface area contributed by atoms with Gasteiger partial charge in [-0.05, 0) is 38.5 Å². The zero-order valence-corrected chi connectivity index (χ0v) is 15.6. The smallest absolute Gasteiger partial charge is 0.191 e. The Kier molecular flexibility index (Phi) is 7.68. The van der Waals surface area contributed by atoms with Gasteiger partial charge in [-0.25, -0.2) is 0 Å². The summed E-state index contributed by atoms with van der Waals surface area (Å²) in [5.41, 5.74) is 2.29. The van der Waals surface area contributed by atoms with Crippen molar-refractivity contribution in [1.82, 2.24) is 20.4 Å². The van der Waals surface area contributed by atoms with Crippen LogP contribution in [0.2, 0.25) is 0 Å². The van der Waals surface area contributed by atoms with Crippen molar-refractivity contribution < 1.29 is 0 Å². The van der Waals surface area contributed by atoms with E-state index in [9.17, 15) is 0 Å². The lowest BCUT2D eigenvalue weighted by Crippen LogP contribution is -2.39. The minimum absolute atomic E-state index is 0.858. The second-order valence-electron chi connectivity index (χ2n) is 5.59. The molecule has 2 rings (SSSR count). The van der Waals surface area contributed by atoms with E-state index in [1.807, 2.05) is 24.8 Å². The maximum atomic E-state index is 4.48. The number of aryl methyl sites for hydroxylation is 3. The van der Waals surface area contributed by atoms with Crippen molar-refractivity contribution in [1.29, 1.82) is 0 Å². The van der Waals surface area contributed by atoms with Crippen molar-refractivity contribution in [2.75, 3.05) is 25.9 Å². The van der Waals surface area contributed by atoms with Gasteiger partial charge in [-0.1, -0.05) is 18.2 Å². The van der Waals surface area contributed by atoms with Crippen molar-refractivity contribution in [3.8, 4) is 0 Å². The normalized spacial score (nSPS) is 11.5. The standard InChI is InChI=1S/C18H27N5S/c1-15-14-16(2)23(22-15)12-7-10-20-18(19-3)21-11-13-24-17-8-5-4-6-9-17/h4-6,8-9,14H,7,10-13H2,1-3H3,(H2,19,20,21). The van der Waals surface area contributed by atoms with Gasteiger partial charge in [0.05, 0.1) is 5.69 Å². The van der Waals surface area contributed by atoms with Crippen LogP contribution < -0.4 is 10.6 Å². The highest BCUT2D eigenvalue weighted by Crippen LogP contribution is 2.15. The first-order valence-corrected chi connectivity index (χ1v) is 9.31. The zero-order chi connectivity index (χ0) is 17.2. The predicted molar refractivity (Wildman–Crippen MR) is 103 cm³/mol. The molecule has 0 aliphatic carbocycles. The number of rotatable bonds is 8. The number of thioether (sulfide) groups is 1. The van der Waals surface area contributed by atoms with Gasteiger partial charge in [-0.15, -0.1) is 11.8 Å². The Morgan fingerprint density at radius 1 is 1.17 bits per heavy atom. The fourth-order valence-corrected chi connectivity index (χ4v) is 3.20. The Morgan fingerprint density at radius 2 is 1.92 bits per heavy atom.